The van der Waals surface area contributed by atoms with Crippen LogP contribution in [0, 0.1) is 0 Å². The highest BCUT2D eigenvalue weighted by Gasteiger charge is 2.11. The van der Waals surface area contributed by atoms with Gasteiger partial charge in [-0.3, -0.25) is 4.57 Å². The summed E-state index contributed by atoms with van der Waals surface area (Å²) >= 11 is 0. The molecule has 1 aliphatic rings. The van der Waals surface area contributed by atoms with Crippen LogP contribution in [0.15, 0.2) is 61.1 Å². The molecule has 1 aliphatic heterocycles. The van der Waals surface area contributed by atoms with Gasteiger partial charge in [0.1, 0.15) is 5.82 Å². The summed E-state index contributed by atoms with van der Waals surface area (Å²) in [4.78, 5) is 13.5. The molecule has 2 N–H and O–H groups in total. The first-order valence-corrected chi connectivity index (χ1v) is 8.26. The van der Waals surface area contributed by atoms with E-state index in [1.165, 1.54) is 11.3 Å². The number of anilines is 3. The molecule has 0 bridgehead atoms. The second-order valence-corrected chi connectivity index (χ2v) is 6.02. The molecule has 0 radical (unpaired) electrons. The summed E-state index contributed by atoms with van der Waals surface area (Å²) < 4.78 is 1.96. The zero-order valence-electron chi connectivity index (χ0n) is 13.5. The molecule has 25 heavy (non-hydrogen) atoms. The third-order valence-corrected chi connectivity index (χ3v) is 4.40. The molecule has 4 heterocycles. The number of aromatic nitrogens is 4. The second kappa shape index (κ2) is 5.59. The van der Waals surface area contributed by atoms with Crippen molar-refractivity contribution in [3.8, 4) is 5.82 Å². The van der Waals surface area contributed by atoms with Crippen LogP contribution in [0.1, 0.15) is 5.56 Å². The van der Waals surface area contributed by atoms with Gasteiger partial charge in [-0.05, 0) is 42.3 Å². The third kappa shape index (κ3) is 2.48. The Morgan fingerprint density at radius 3 is 3.00 bits per heavy atom. The SMILES string of the molecule is c1ccc(-n2ccc3cnc(Nc4ccc5c(c4)NCC5)nc32)nc1. The molecule has 0 atom stereocenters. The van der Waals surface area contributed by atoms with Crippen LogP contribution in [0.4, 0.5) is 17.3 Å². The Hall–Kier alpha value is -3.41. The van der Waals surface area contributed by atoms with Crippen LogP contribution in [-0.4, -0.2) is 26.1 Å². The van der Waals surface area contributed by atoms with E-state index in [1.807, 2.05) is 41.2 Å². The van der Waals surface area contributed by atoms with Gasteiger partial charge in [-0.25, -0.2) is 9.97 Å². The van der Waals surface area contributed by atoms with E-state index in [0.29, 0.717) is 5.95 Å². The van der Waals surface area contributed by atoms with Gasteiger partial charge in [-0.2, -0.15) is 4.98 Å². The number of rotatable bonds is 3. The van der Waals surface area contributed by atoms with Crippen molar-refractivity contribution in [2.24, 2.45) is 0 Å². The van der Waals surface area contributed by atoms with Gasteiger partial charge in [0.2, 0.25) is 5.95 Å². The maximum Gasteiger partial charge on any atom is 0.229 e. The number of nitrogens with zero attached hydrogens (tertiary/aromatic N) is 4. The van der Waals surface area contributed by atoms with Gasteiger partial charge in [0, 0.05) is 41.9 Å². The van der Waals surface area contributed by atoms with Crippen molar-refractivity contribution < 1.29 is 0 Å². The highest BCUT2D eigenvalue weighted by Crippen LogP contribution is 2.27. The molecule has 0 saturated carbocycles. The van der Waals surface area contributed by atoms with Crippen LogP contribution in [0.5, 0.6) is 0 Å². The lowest BCUT2D eigenvalue weighted by molar-refractivity contribution is 1.02. The van der Waals surface area contributed by atoms with Crippen LogP contribution in [0.2, 0.25) is 0 Å². The molecule has 0 spiro atoms. The molecule has 1 aromatic carbocycles. The van der Waals surface area contributed by atoms with Gasteiger partial charge in [0.05, 0.1) is 0 Å². The van der Waals surface area contributed by atoms with Crippen LogP contribution in [0.25, 0.3) is 16.9 Å². The van der Waals surface area contributed by atoms with Crippen molar-refractivity contribution in [1.82, 2.24) is 19.5 Å². The summed E-state index contributed by atoms with van der Waals surface area (Å²) in [6.07, 6.45) is 6.65. The van der Waals surface area contributed by atoms with Gasteiger partial charge in [-0.1, -0.05) is 12.1 Å². The average molecular weight is 328 g/mol. The standard InChI is InChI=1S/C19H16N6/c1-2-8-21-17(3-1)25-10-7-14-12-22-19(24-18(14)25)23-15-5-4-13-6-9-20-16(13)11-15/h1-5,7-8,10-12,20H,6,9H2,(H,22,23,24). The van der Waals surface area contributed by atoms with E-state index >= 15 is 0 Å². The van der Waals surface area contributed by atoms with Crippen molar-refractivity contribution in [1.29, 1.82) is 0 Å². The predicted octanol–water partition coefficient (Wildman–Crippen LogP) is 3.53. The van der Waals surface area contributed by atoms with Crippen molar-refractivity contribution in [3.05, 3.63) is 66.6 Å². The number of pyridine rings is 1. The summed E-state index contributed by atoms with van der Waals surface area (Å²) in [6, 6.07) is 14.1. The summed E-state index contributed by atoms with van der Waals surface area (Å²) in [6.45, 7) is 0.999. The largest absolute Gasteiger partial charge is 0.384 e. The molecule has 0 fully saturated rings. The molecule has 5 rings (SSSR count). The van der Waals surface area contributed by atoms with E-state index in [1.54, 1.807) is 6.20 Å². The molecule has 122 valence electrons. The van der Waals surface area contributed by atoms with E-state index in [0.717, 1.165) is 35.5 Å². The normalized spacial score (nSPS) is 12.8. The third-order valence-electron chi connectivity index (χ3n) is 4.40. The smallest absolute Gasteiger partial charge is 0.229 e. The molecular weight excluding hydrogens is 312 g/mol. The topological polar surface area (TPSA) is 67.7 Å². The fraction of sp³-hybridized carbons (Fsp3) is 0.105. The number of fused-ring (bicyclic) bond motifs is 2. The summed E-state index contributed by atoms with van der Waals surface area (Å²) in [7, 11) is 0. The van der Waals surface area contributed by atoms with E-state index in [9.17, 15) is 0 Å². The molecule has 0 amide bonds. The van der Waals surface area contributed by atoms with E-state index < -0.39 is 0 Å². The number of hydrogen-bond acceptors (Lipinski definition) is 5. The zero-order chi connectivity index (χ0) is 16.6. The molecule has 4 aromatic rings. The Bertz CT molecular complexity index is 1050. The van der Waals surface area contributed by atoms with Gasteiger partial charge < -0.3 is 10.6 Å². The van der Waals surface area contributed by atoms with Gasteiger partial charge in [0.25, 0.3) is 0 Å². The first-order chi connectivity index (χ1) is 12.4. The lowest BCUT2D eigenvalue weighted by Gasteiger charge is -2.08. The van der Waals surface area contributed by atoms with Gasteiger partial charge >= 0.3 is 0 Å². The quantitative estimate of drug-likeness (QED) is 0.602. The van der Waals surface area contributed by atoms with Crippen molar-refractivity contribution in [3.63, 3.8) is 0 Å². The van der Waals surface area contributed by atoms with Crippen LogP contribution in [-0.2, 0) is 6.42 Å². The predicted molar refractivity (Wildman–Crippen MR) is 98.6 cm³/mol. The molecule has 0 unspecified atom stereocenters. The van der Waals surface area contributed by atoms with Gasteiger partial charge in [-0.15, -0.1) is 0 Å². The summed E-state index contributed by atoms with van der Waals surface area (Å²) in [5.74, 6) is 1.41. The highest BCUT2D eigenvalue weighted by atomic mass is 15.2. The average Bonchev–Trinajstić information content (AvgIpc) is 3.28. The zero-order valence-corrected chi connectivity index (χ0v) is 13.5. The van der Waals surface area contributed by atoms with E-state index in [-0.39, 0.29) is 0 Å². The van der Waals surface area contributed by atoms with E-state index in [4.69, 9.17) is 0 Å². The van der Waals surface area contributed by atoms with Crippen molar-refractivity contribution in [2.45, 2.75) is 6.42 Å². The minimum atomic E-state index is 0.571. The summed E-state index contributed by atoms with van der Waals surface area (Å²) in [5.41, 5.74) is 4.34. The summed E-state index contributed by atoms with van der Waals surface area (Å²) in [5, 5.41) is 7.67. The number of hydrogen-bond donors (Lipinski definition) is 2. The molecular formula is C19H16N6. The Morgan fingerprint density at radius 2 is 2.08 bits per heavy atom. The Morgan fingerprint density at radius 1 is 1.08 bits per heavy atom. The van der Waals surface area contributed by atoms with Crippen molar-refractivity contribution in [2.75, 3.05) is 17.2 Å². The van der Waals surface area contributed by atoms with Gasteiger partial charge in [0.15, 0.2) is 5.65 Å². The maximum absolute atomic E-state index is 4.68. The minimum absolute atomic E-state index is 0.571. The lowest BCUT2D eigenvalue weighted by Crippen LogP contribution is -2.01. The number of nitrogens with one attached hydrogen (secondary N) is 2. The molecule has 6 heteroatoms. The second-order valence-electron chi connectivity index (χ2n) is 6.02. The Kier molecular flexibility index (Phi) is 3.13. The minimum Gasteiger partial charge on any atom is -0.384 e. The molecule has 3 aromatic heterocycles. The van der Waals surface area contributed by atoms with Crippen LogP contribution >= 0.6 is 0 Å². The fourth-order valence-corrected chi connectivity index (χ4v) is 3.16. The first-order valence-electron chi connectivity index (χ1n) is 8.26. The fourth-order valence-electron chi connectivity index (χ4n) is 3.16. The monoisotopic (exact) mass is 328 g/mol. The lowest BCUT2D eigenvalue weighted by atomic mass is 10.1. The highest BCUT2D eigenvalue weighted by molar-refractivity contribution is 5.78. The van der Waals surface area contributed by atoms with Crippen LogP contribution in [0.3, 0.4) is 0 Å². The first kappa shape index (κ1) is 14.0. The molecule has 0 saturated heterocycles. The Labute approximate surface area is 144 Å². The number of benzene rings is 1. The molecule has 0 aliphatic carbocycles. The van der Waals surface area contributed by atoms with E-state index in [2.05, 4.69) is 43.8 Å². The maximum atomic E-state index is 4.68. The van der Waals surface area contributed by atoms with Crippen molar-refractivity contribution >= 4 is 28.4 Å². The van der Waals surface area contributed by atoms with Crippen LogP contribution < -0.4 is 10.6 Å². The molecule has 6 nitrogen and oxygen atoms in total. The Balaban J connectivity index is 1.52.